The molecule has 22 heavy (non-hydrogen) atoms. The van der Waals surface area contributed by atoms with Crippen molar-refractivity contribution >= 4 is 11.6 Å². The van der Waals surface area contributed by atoms with Crippen LogP contribution in [0.4, 0.5) is 5.69 Å². The molecule has 5 heteroatoms. The molecule has 5 nitrogen and oxygen atoms in total. The van der Waals surface area contributed by atoms with Crippen molar-refractivity contribution < 1.29 is 19.4 Å². The van der Waals surface area contributed by atoms with E-state index in [9.17, 15) is 9.90 Å². The number of rotatable bonds is 5. The molecule has 0 aliphatic carbocycles. The van der Waals surface area contributed by atoms with E-state index in [0.717, 1.165) is 11.1 Å². The van der Waals surface area contributed by atoms with Crippen molar-refractivity contribution in [2.45, 2.75) is 13.8 Å². The quantitative estimate of drug-likeness (QED) is 0.833. The van der Waals surface area contributed by atoms with Gasteiger partial charge in [0.1, 0.15) is 5.75 Å². The number of ether oxygens (including phenoxy) is 2. The van der Waals surface area contributed by atoms with Gasteiger partial charge in [-0.3, -0.25) is 4.79 Å². The Kier molecular flexibility index (Phi) is 4.88. The minimum atomic E-state index is -0.284. The third-order valence-corrected chi connectivity index (χ3v) is 3.38. The number of phenolic OH excluding ortho intramolecular Hbond substituents is 1. The summed E-state index contributed by atoms with van der Waals surface area (Å²) in [5.74, 6) is 0.729. The summed E-state index contributed by atoms with van der Waals surface area (Å²) in [7, 11) is 1.45. The molecule has 0 aromatic heterocycles. The number of hydrogen-bond acceptors (Lipinski definition) is 4. The zero-order valence-electron chi connectivity index (χ0n) is 12.8. The highest BCUT2D eigenvalue weighted by atomic mass is 16.5. The normalized spacial score (nSPS) is 10.1. The Morgan fingerprint density at radius 1 is 1.18 bits per heavy atom. The lowest BCUT2D eigenvalue weighted by Crippen LogP contribution is -2.20. The van der Waals surface area contributed by atoms with Gasteiger partial charge in [0.25, 0.3) is 5.91 Å². The van der Waals surface area contributed by atoms with E-state index in [0.29, 0.717) is 17.2 Å². The third-order valence-electron chi connectivity index (χ3n) is 3.38. The van der Waals surface area contributed by atoms with Gasteiger partial charge in [-0.2, -0.15) is 0 Å². The van der Waals surface area contributed by atoms with Crippen LogP contribution in [0.15, 0.2) is 36.4 Å². The van der Waals surface area contributed by atoms with Gasteiger partial charge in [0.05, 0.1) is 7.11 Å². The van der Waals surface area contributed by atoms with Crippen LogP contribution in [-0.4, -0.2) is 24.7 Å². The van der Waals surface area contributed by atoms with Crippen LogP contribution in [0.25, 0.3) is 0 Å². The summed E-state index contributed by atoms with van der Waals surface area (Å²) in [5, 5.41) is 12.2. The predicted molar refractivity (Wildman–Crippen MR) is 84.7 cm³/mol. The number of nitrogens with one attached hydrogen (secondary N) is 1. The largest absolute Gasteiger partial charge is 0.504 e. The smallest absolute Gasteiger partial charge is 0.262 e. The molecule has 0 atom stereocenters. The van der Waals surface area contributed by atoms with Gasteiger partial charge in [0, 0.05) is 11.8 Å². The number of hydrogen-bond donors (Lipinski definition) is 2. The minimum absolute atomic E-state index is 0.0205. The molecule has 0 radical (unpaired) electrons. The fraction of sp³-hybridized carbons (Fsp3) is 0.235. The Morgan fingerprint density at radius 3 is 2.68 bits per heavy atom. The van der Waals surface area contributed by atoms with E-state index < -0.39 is 0 Å². The van der Waals surface area contributed by atoms with Gasteiger partial charge in [-0.1, -0.05) is 12.1 Å². The van der Waals surface area contributed by atoms with Crippen LogP contribution >= 0.6 is 0 Å². The second-order valence-electron chi connectivity index (χ2n) is 4.92. The summed E-state index contributed by atoms with van der Waals surface area (Å²) in [6, 6.07) is 10.3. The Bertz CT molecular complexity index is 682. The predicted octanol–water partition coefficient (Wildman–Crippen LogP) is 3.04. The molecular formula is C17H19NO4. The van der Waals surface area contributed by atoms with Crippen LogP contribution < -0.4 is 14.8 Å². The Balaban J connectivity index is 1.97. The number of methoxy groups -OCH3 is 1. The summed E-state index contributed by atoms with van der Waals surface area (Å²) >= 11 is 0. The first-order valence-electron chi connectivity index (χ1n) is 6.87. The van der Waals surface area contributed by atoms with E-state index in [1.807, 2.05) is 32.0 Å². The fourth-order valence-electron chi connectivity index (χ4n) is 1.98. The molecule has 0 aliphatic heterocycles. The maximum absolute atomic E-state index is 11.9. The molecular weight excluding hydrogens is 282 g/mol. The molecule has 2 rings (SSSR count). The molecule has 0 saturated carbocycles. The standard InChI is InChI=1S/C17H19NO4/c1-11-5-4-6-15(12(11)2)22-10-17(20)18-13-7-8-14(19)16(9-13)21-3/h4-9,19H,10H2,1-3H3,(H,18,20). The number of phenols is 1. The lowest BCUT2D eigenvalue weighted by atomic mass is 10.1. The highest BCUT2D eigenvalue weighted by molar-refractivity contribution is 5.92. The van der Waals surface area contributed by atoms with Gasteiger partial charge < -0.3 is 19.9 Å². The van der Waals surface area contributed by atoms with Crippen LogP contribution in [0.3, 0.4) is 0 Å². The molecule has 0 fully saturated rings. The zero-order chi connectivity index (χ0) is 16.1. The molecule has 0 heterocycles. The lowest BCUT2D eigenvalue weighted by Gasteiger charge is -2.11. The molecule has 116 valence electrons. The van der Waals surface area contributed by atoms with Gasteiger partial charge in [-0.05, 0) is 43.2 Å². The maximum atomic E-state index is 11.9. The number of aromatic hydroxyl groups is 1. The summed E-state index contributed by atoms with van der Waals surface area (Å²) in [6.07, 6.45) is 0. The molecule has 0 spiro atoms. The topological polar surface area (TPSA) is 67.8 Å². The van der Waals surface area contributed by atoms with Gasteiger partial charge in [-0.25, -0.2) is 0 Å². The van der Waals surface area contributed by atoms with Crippen molar-refractivity contribution in [1.82, 2.24) is 0 Å². The first-order chi connectivity index (χ1) is 10.5. The minimum Gasteiger partial charge on any atom is -0.504 e. The second-order valence-corrected chi connectivity index (χ2v) is 4.92. The number of amides is 1. The van der Waals surface area contributed by atoms with Crippen LogP contribution in [0, 0.1) is 13.8 Å². The highest BCUT2D eigenvalue weighted by Gasteiger charge is 2.08. The molecule has 0 unspecified atom stereocenters. The van der Waals surface area contributed by atoms with E-state index in [1.165, 1.54) is 13.2 Å². The van der Waals surface area contributed by atoms with Crippen molar-refractivity contribution in [3.8, 4) is 17.2 Å². The number of aryl methyl sites for hydroxylation is 1. The Labute approximate surface area is 129 Å². The number of carbonyl (C=O) groups is 1. The number of anilines is 1. The van der Waals surface area contributed by atoms with Crippen molar-refractivity contribution in [3.63, 3.8) is 0 Å². The van der Waals surface area contributed by atoms with Crippen LogP contribution in [0.2, 0.25) is 0 Å². The van der Waals surface area contributed by atoms with E-state index in [2.05, 4.69) is 5.32 Å². The van der Waals surface area contributed by atoms with Gasteiger partial charge in [-0.15, -0.1) is 0 Å². The molecule has 2 aromatic carbocycles. The van der Waals surface area contributed by atoms with Crippen LogP contribution in [0.1, 0.15) is 11.1 Å². The van der Waals surface area contributed by atoms with E-state index in [4.69, 9.17) is 9.47 Å². The van der Waals surface area contributed by atoms with Gasteiger partial charge in [0.15, 0.2) is 18.1 Å². The van der Waals surface area contributed by atoms with Crippen molar-refractivity contribution in [2.24, 2.45) is 0 Å². The van der Waals surface area contributed by atoms with Crippen LogP contribution in [-0.2, 0) is 4.79 Å². The highest BCUT2D eigenvalue weighted by Crippen LogP contribution is 2.28. The Hall–Kier alpha value is -2.69. The summed E-state index contributed by atoms with van der Waals surface area (Å²) in [4.78, 5) is 11.9. The van der Waals surface area contributed by atoms with Crippen LogP contribution in [0.5, 0.6) is 17.2 Å². The molecule has 0 saturated heterocycles. The average molecular weight is 301 g/mol. The summed E-state index contributed by atoms with van der Waals surface area (Å²) in [5.41, 5.74) is 2.66. The Morgan fingerprint density at radius 2 is 1.95 bits per heavy atom. The molecule has 2 N–H and O–H groups in total. The van der Waals surface area contributed by atoms with Gasteiger partial charge >= 0.3 is 0 Å². The number of benzene rings is 2. The molecule has 1 amide bonds. The van der Waals surface area contributed by atoms with Gasteiger partial charge in [0.2, 0.25) is 0 Å². The molecule has 0 bridgehead atoms. The molecule has 0 aliphatic rings. The average Bonchev–Trinajstić information content (AvgIpc) is 2.50. The van der Waals surface area contributed by atoms with E-state index in [1.54, 1.807) is 12.1 Å². The van der Waals surface area contributed by atoms with Crippen molar-refractivity contribution in [2.75, 3.05) is 19.0 Å². The fourth-order valence-corrected chi connectivity index (χ4v) is 1.98. The van der Waals surface area contributed by atoms with Crippen molar-refractivity contribution in [3.05, 3.63) is 47.5 Å². The first kappa shape index (κ1) is 15.7. The monoisotopic (exact) mass is 301 g/mol. The third kappa shape index (κ3) is 3.69. The first-order valence-corrected chi connectivity index (χ1v) is 6.87. The summed E-state index contributed by atoms with van der Waals surface area (Å²) in [6.45, 7) is 3.85. The van der Waals surface area contributed by atoms with E-state index in [-0.39, 0.29) is 18.3 Å². The summed E-state index contributed by atoms with van der Waals surface area (Å²) < 4.78 is 10.5. The SMILES string of the molecule is COc1cc(NC(=O)COc2cccc(C)c2C)ccc1O. The molecule has 2 aromatic rings. The van der Waals surface area contributed by atoms with E-state index >= 15 is 0 Å². The maximum Gasteiger partial charge on any atom is 0.262 e. The zero-order valence-corrected chi connectivity index (χ0v) is 12.8. The number of carbonyl (C=O) groups excluding carboxylic acids is 1. The lowest BCUT2D eigenvalue weighted by molar-refractivity contribution is -0.118. The van der Waals surface area contributed by atoms with Crippen molar-refractivity contribution in [1.29, 1.82) is 0 Å². The second kappa shape index (κ2) is 6.85.